The molecule has 2 heterocycles. The van der Waals surface area contributed by atoms with Crippen molar-refractivity contribution in [3.63, 3.8) is 0 Å². The highest BCUT2D eigenvalue weighted by Crippen LogP contribution is 2.22. The molecule has 1 aliphatic heterocycles. The fraction of sp³-hybridized carbons (Fsp3) is 0.556. The number of aromatic nitrogens is 2. The second kappa shape index (κ2) is 4.92. The molecule has 1 aromatic heterocycles. The molecule has 1 fully saturated rings. The van der Waals surface area contributed by atoms with Gasteiger partial charge in [0.1, 0.15) is 5.01 Å². The molecule has 0 saturated carbocycles. The van der Waals surface area contributed by atoms with Crippen molar-refractivity contribution in [2.24, 2.45) is 0 Å². The highest BCUT2D eigenvalue weighted by atomic mass is 32.2. The zero-order valence-corrected chi connectivity index (χ0v) is 10.4. The Kier molecular flexibility index (Phi) is 3.55. The van der Waals surface area contributed by atoms with Crippen molar-refractivity contribution in [3.05, 3.63) is 5.01 Å². The van der Waals surface area contributed by atoms with Crippen molar-refractivity contribution >= 4 is 34.9 Å². The maximum Gasteiger partial charge on any atom is 0.229 e. The van der Waals surface area contributed by atoms with Crippen molar-refractivity contribution in [3.8, 4) is 0 Å². The Morgan fingerprint density at radius 2 is 2.00 bits per heavy atom. The van der Waals surface area contributed by atoms with Crippen LogP contribution in [0.4, 0.5) is 0 Å². The fourth-order valence-corrected chi connectivity index (χ4v) is 3.24. The number of hydrogen-bond donors (Lipinski definition) is 0. The number of thioether (sulfide) groups is 1. The minimum absolute atomic E-state index is 0.0564. The smallest absolute Gasteiger partial charge is 0.229 e. The average molecular weight is 257 g/mol. The van der Waals surface area contributed by atoms with Crippen LogP contribution < -0.4 is 0 Å². The summed E-state index contributed by atoms with van der Waals surface area (Å²) in [7, 11) is 0. The number of rotatable bonds is 4. The van der Waals surface area contributed by atoms with Gasteiger partial charge >= 0.3 is 0 Å². The molecule has 1 aromatic rings. The SMILES string of the molecule is Cc1nnc(SCCN2C(=O)CCC2=O)s1. The molecule has 1 aliphatic rings. The number of carbonyl (C=O) groups excluding carboxylic acids is 2. The largest absolute Gasteiger partial charge is 0.282 e. The van der Waals surface area contributed by atoms with Crippen LogP contribution in [0.2, 0.25) is 0 Å². The topological polar surface area (TPSA) is 63.2 Å². The van der Waals surface area contributed by atoms with Crippen LogP contribution in [-0.2, 0) is 9.59 Å². The molecule has 1 saturated heterocycles. The van der Waals surface area contributed by atoms with Gasteiger partial charge in [-0.05, 0) is 6.92 Å². The first kappa shape index (κ1) is 11.5. The van der Waals surface area contributed by atoms with Gasteiger partial charge in [-0.25, -0.2) is 0 Å². The van der Waals surface area contributed by atoms with Crippen LogP contribution in [0.3, 0.4) is 0 Å². The molecule has 0 aliphatic carbocycles. The first-order valence-corrected chi connectivity index (χ1v) is 6.73. The third kappa shape index (κ3) is 2.59. The van der Waals surface area contributed by atoms with Crippen LogP contribution in [0, 0.1) is 6.92 Å². The molecule has 16 heavy (non-hydrogen) atoms. The summed E-state index contributed by atoms with van der Waals surface area (Å²) in [5.74, 6) is 0.574. The van der Waals surface area contributed by atoms with Gasteiger partial charge in [-0.2, -0.15) is 0 Å². The predicted molar refractivity (Wildman–Crippen MR) is 61.3 cm³/mol. The summed E-state index contributed by atoms with van der Waals surface area (Å²) in [5, 5.41) is 8.78. The summed E-state index contributed by atoms with van der Waals surface area (Å²) in [4.78, 5) is 23.9. The molecule has 7 heteroatoms. The summed E-state index contributed by atoms with van der Waals surface area (Å²) in [5.41, 5.74) is 0. The van der Waals surface area contributed by atoms with E-state index in [0.717, 1.165) is 9.35 Å². The second-order valence-electron chi connectivity index (χ2n) is 3.37. The lowest BCUT2D eigenvalue weighted by atomic mass is 10.4. The average Bonchev–Trinajstić information content (AvgIpc) is 2.78. The predicted octanol–water partition coefficient (Wildman–Crippen LogP) is 1.09. The lowest BCUT2D eigenvalue weighted by Crippen LogP contribution is -2.31. The highest BCUT2D eigenvalue weighted by Gasteiger charge is 2.28. The van der Waals surface area contributed by atoms with Crippen LogP contribution in [0.5, 0.6) is 0 Å². The summed E-state index contributed by atoms with van der Waals surface area (Å²) in [6, 6.07) is 0. The van der Waals surface area contributed by atoms with Gasteiger partial charge in [-0.15, -0.1) is 10.2 Å². The van der Waals surface area contributed by atoms with Crippen LogP contribution >= 0.6 is 23.1 Å². The van der Waals surface area contributed by atoms with Gasteiger partial charge in [0.15, 0.2) is 4.34 Å². The maximum absolute atomic E-state index is 11.3. The van der Waals surface area contributed by atoms with Gasteiger partial charge in [-0.1, -0.05) is 23.1 Å². The Hall–Kier alpha value is -0.950. The molecule has 0 aromatic carbocycles. The quantitative estimate of drug-likeness (QED) is 0.597. The number of hydrogen-bond acceptors (Lipinski definition) is 6. The van der Waals surface area contributed by atoms with E-state index in [-0.39, 0.29) is 11.8 Å². The number of likely N-dealkylation sites (tertiary alicyclic amines) is 1. The molecule has 2 amide bonds. The third-order valence-corrected chi connectivity index (χ3v) is 4.15. The molecule has 86 valence electrons. The minimum atomic E-state index is -0.0564. The van der Waals surface area contributed by atoms with E-state index in [1.54, 1.807) is 0 Å². The summed E-state index contributed by atoms with van der Waals surface area (Å²) in [6.07, 6.45) is 0.725. The van der Waals surface area contributed by atoms with E-state index in [2.05, 4.69) is 10.2 Å². The number of imide groups is 1. The van der Waals surface area contributed by atoms with Crippen LogP contribution in [0.15, 0.2) is 4.34 Å². The van der Waals surface area contributed by atoms with Crippen molar-refractivity contribution in [2.45, 2.75) is 24.1 Å². The maximum atomic E-state index is 11.3. The molecule has 0 bridgehead atoms. The summed E-state index contributed by atoms with van der Waals surface area (Å²) in [6.45, 7) is 2.37. The van der Waals surface area contributed by atoms with E-state index >= 15 is 0 Å². The second-order valence-corrected chi connectivity index (χ2v) is 5.90. The monoisotopic (exact) mass is 257 g/mol. The van der Waals surface area contributed by atoms with Gasteiger partial charge in [0.25, 0.3) is 0 Å². The Bertz CT molecular complexity index is 403. The third-order valence-electron chi connectivity index (χ3n) is 2.20. The summed E-state index contributed by atoms with van der Waals surface area (Å²) >= 11 is 3.06. The van der Waals surface area contributed by atoms with Gasteiger partial charge in [0.2, 0.25) is 11.8 Å². The zero-order chi connectivity index (χ0) is 11.5. The van der Waals surface area contributed by atoms with Crippen molar-refractivity contribution in [1.29, 1.82) is 0 Å². The van der Waals surface area contributed by atoms with E-state index < -0.39 is 0 Å². The molecule has 0 N–H and O–H groups in total. The van der Waals surface area contributed by atoms with E-state index in [4.69, 9.17) is 0 Å². The standard InChI is InChI=1S/C9H11N3O2S2/c1-6-10-11-9(16-6)15-5-4-12-7(13)2-3-8(12)14/h2-5H2,1H3. The van der Waals surface area contributed by atoms with E-state index in [9.17, 15) is 9.59 Å². The zero-order valence-electron chi connectivity index (χ0n) is 8.80. The van der Waals surface area contributed by atoms with Crippen molar-refractivity contribution < 1.29 is 9.59 Å². The molecule has 0 spiro atoms. The van der Waals surface area contributed by atoms with Gasteiger partial charge in [-0.3, -0.25) is 14.5 Å². The molecule has 2 rings (SSSR count). The van der Waals surface area contributed by atoms with Gasteiger partial charge < -0.3 is 0 Å². The van der Waals surface area contributed by atoms with Gasteiger partial charge in [0, 0.05) is 25.1 Å². The van der Waals surface area contributed by atoms with Crippen LogP contribution in [0.25, 0.3) is 0 Å². The summed E-state index contributed by atoms with van der Waals surface area (Å²) < 4.78 is 0.886. The molecule has 5 nitrogen and oxygen atoms in total. The van der Waals surface area contributed by atoms with Crippen LogP contribution in [-0.4, -0.2) is 39.2 Å². The number of aryl methyl sites for hydroxylation is 1. The first-order chi connectivity index (χ1) is 7.66. The first-order valence-electron chi connectivity index (χ1n) is 4.93. The Balaban J connectivity index is 1.80. The lowest BCUT2D eigenvalue weighted by molar-refractivity contribution is -0.137. The number of nitrogens with zero attached hydrogens (tertiary/aromatic N) is 3. The number of amides is 2. The number of carbonyl (C=O) groups is 2. The molecule has 0 atom stereocenters. The Labute approximate surface area is 101 Å². The molecule has 0 radical (unpaired) electrons. The molecular weight excluding hydrogens is 246 g/mol. The molecular formula is C9H11N3O2S2. The van der Waals surface area contributed by atoms with E-state index in [1.165, 1.54) is 28.0 Å². The normalized spacial score (nSPS) is 16.2. The Morgan fingerprint density at radius 3 is 2.56 bits per heavy atom. The Morgan fingerprint density at radius 1 is 1.31 bits per heavy atom. The highest BCUT2D eigenvalue weighted by molar-refractivity contribution is 8.01. The van der Waals surface area contributed by atoms with Crippen molar-refractivity contribution in [1.82, 2.24) is 15.1 Å². The van der Waals surface area contributed by atoms with Gasteiger partial charge in [0.05, 0.1) is 0 Å². The lowest BCUT2D eigenvalue weighted by Gasteiger charge is -2.11. The van der Waals surface area contributed by atoms with E-state index in [0.29, 0.717) is 25.1 Å². The minimum Gasteiger partial charge on any atom is -0.282 e. The van der Waals surface area contributed by atoms with Crippen molar-refractivity contribution in [2.75, 3.05) is 12.3 Å². The molecule has 0 unspecified atom stereocenters. The van der Waals surface area contributed by atoms with Crippen LogP contribution in [0.1, 0.15) is 17.8 Å². The fourth-order valence-electron chi connectivity index (χ4n) is 1.43. The van der Waals surface area contributed by atoms with E-state index in [1.807, 2.05) is 6.92 Å².